The topological polar surface area (TPSA) is 123 Å². The van der Waals surface area contributed by atoms with Gasteiger partial charge in [0.25, 0.3) is 5.91 Å². The first-order valence-electron chi connectivity index (χ1n) is 11.8. The highest BCUT2D eigenvalue weighted by molar-refractivity contribution is 5.99. The highest BCUT2D eigenvalue weighted by Gasteiger charge is 2.42. The molecule has 10 nitrogen and oxygen atoms in total. The monoisotopic (exact) mass is 480 g/mol. The van der Waals surface area contributed by atoms with Crippen LogP contribution < -0.4 is 10.6 Å². The fourth-order valence-electron chi connectivity index (χ4n) is 5.23. The smallest absolute Gasteiger partial charge is 0.256 e. The average molecular weight is 481 g/mol. The summed E-state index contributed by atoms with van der Waals surface area (Å²) in [6.45, 7) is 2.94. The van der Waals surface area contributed by atoms with E-state index >= 15 is 0 Å². The molecule has 36 heavy (non-hydrogen) atoms. The van der Waals surface area contributed by atoms with Crippen LogP contribution in [0.15, 0.2) is 73.3 Å². The van der Waals surface area contributed by atoms with Crippen molar-refractivity contribution in [3.63, 3.8) is 0 Å². The van der Waals surface area contributed by atoms with Crippen LogP contribution in [0, 0.1) is 11.8 Å². The number of hydrogen-bond donors (Lipinski definition) is 1. The van der Waals surface area contributed by atoms with Gasteiger partial charge in [-0.15, -0.1) is 0 Å². The molecule has 4 heterocycles. The van der Waals surface area contributed by atoms with Gasteiger partial charge in [-0.25, -0.2) is 9.97 Å². The number of carbonyl (C=O) groups excluding carboxylic acids is 2. The van der Waals surface area contributed by atoms with E-state index in [4.69, 9.17) is 5.73 Å². The molecule has 2 fully saturated rings. The Labute approximate surface area is 207 Å². The van der Waals surface area contributed by atoms with Crippen LogP contribution in [0.25, 0.3) is 16.8 Å². The molecule has 2 aromatic heterocycles. The largest absolute Gasteiger partial charge is 0.366 e. The van der Waals surface area contributed by atoms with E-state index in [1.807, 2.05) is 41.3 Å². The zero-order valence-electron chi connectivity index (χ0n) is 19.4. The van der Waals surface area contributed by atoms with Crippen molar-refractivity contribution in [3.05, 3.63) is 84.4 Å². The Hall–Kier alpha value is -4.60. The molecule has 2 aliphatic rings. The summed E-state index contributed by atoms with van der Waals surface area (Å²) < 4.78 is 0. The van der Waals surface area contributed by atoms with Gasteiger partial charge in [0.2, 0.25) is 11.9 Å². The minimum Gasteiger partial charge on any atom is -0.366 e. The number of carbonyl (C=O) groups is 2. The van der Waals surface area contributed by atoms with Gasteiger partial charge in [0.05, 0.1) is 23.6 Å². The number of nitrogens with zero attached hydrogens (tertiary/aromatic N) is 7. The Kier molecular flexibility index (Phi) is 5.40. The van der Waals surface area contributed by atoms with Gasteiger partial charge in [0, 0.05) is 61.5 Å². The van der Waals surface area contributed by atoms with E-state index in [0.29, 0.717) is 47.7 Å². The second-order valence-corrected chi connectivity index (χ2v) is 9.15. The lowest BCUT2D eigenvalue weighted by atomic mass is 10.0. The van der Waals surface area contributed by atoms with Crippen molar-refractivity contribution in [3.8, 4) is 16.8 Å². The predicted molar refractivity (Wildman–Crippen MR) is 132 cm³/mol. The molecule has 0 spiro atoms. The molecule has 2 aromatic carbocycles. The van der Waals surface area contributed by atoms with E-state index in [-0.39, 0.29) is 5.91 Å². The van der Waals surface area contributed by atoms with Crippen LogP contribution in [-0.4, -0.2) is 67.9 Å². The van der Waals surface area contributed by atoms with Crippen molar-refractivity contribution >= 4 is 17.8 Å². The molecule has 2 unspecified atom stereocenters. The number of anilines is 1. The number of benzene rings is 2. The first kappa shape index (κ1) is 21.9. The minimum absolute atomic E-state index is 0.00225. The summed E-state index contributed by atoms with van der Waals surface area (Å²) in [5, 5.41) is 8.37. The van der Waals surface area contributed by atoms with Gasteiger partial charge in [-0.3, -0.25) is 9.59 Å². The molecule has 2 N–H and O–H groups in total. The van der Waals surface area contributed by atoms with E-state index in [1.54, 1.807) is 36.9 Å². The van der Waals surface area contributed by atoms with E-state index in [1.165, 1.54) is 4.80 Å². The third kappa shape index (κ3) is 3.86. The third-order valence-corrected chi connectivity index (χ3v) is 6.97. The van der Waals surface area contributed by atoms with Crippen molar-refractivity contribution in [2.24, 2.45) is 17.6 Å². The van der Waals surface area contributed by atoms with Crippen molar-refractivity contribution in [1.82, 2.24) is 29.9 Å². The second-order valence-electron chi connectivity index (χ2n) is 9.15. The van der Waals surface area contributed by atoms with Gasteiger partial charge >= 0.3 is 0 Å². The Bertz CT molecular complexity index is 1410. The summed E-state index contributed by atoms with van der Waals surface area (Å²) in [7, 11) is 0. The van der Waals surface area contributed by atoms with Crippen LogP contribution in [0.4, 0.5) is 5.95 Å². The quantitative estimate of drug-likeness (QED) is 0.464. The van der Waals surface area contributed by atoms with Crippen molar-refractivity contribution in [2.75, 3.05) is 31.1 Å². The Morgan fingerprint density at radius 2 is 1.42 bits per heavy atom. The molecule has 6 rings (SSSR count). The van der Waals surface area contributed by atoms with Gasteiger partial charge in [-0.05, 0) is 23.8 Å². The summed E-state index contributed by atoms with van der Waals surface area (Å²) in [6.07, 6.45) is 6.66. The Morgan fingerprint density at radius 3 is 2.08 bits per heavy atom. The molecule has 2 aliphatic heterocycles. The van der Waals surface area contributed by atoms with E-state index in [0.717, 1.165) is 24.2 Å². The molecular weight excluding hydrogens is 456 g/mol. The second kappa shape index (κ2) is 8.88. The molecule has 4 aromatic rings. The minimum atomic E-state index is -0.482. The Morgan fingerprint density at radius 1 is 0.806 bits per heavy atom. The number of fused-ring (bicyclic) bond motifs is 1. The summed E-state index contributed by atoms with van der Waals surface area (Å²) in [5.41, 5.74) is 8.69. The normalized spacial score (nSPS) is 18.9. The number of rotatable bonds is 5. The lowest BCUT2D eigenvalue weighted by molar-refractivity contribution is 0.0782. The summed E-state index contributed by atoms with van der Waals surface area (Å²) in [4.78, 5) is 39.9. The number of likely N-dealkylation sites (tertiary alicyclic amines) is 1. The van der Waals surface area contributed by atoms with Gasteiger partial charge in [0.1, 0.15) is 0 Å². The predicted octanol–water partition coefficient (Wildman–Crippen LogP) is 2.03. The van der Waals surface area contributed by atoms with Crippen LogP contribution in [0.1, 0.15) is 20.7 Å². The molecule has 180 valence electrons. The molecule has 2 atom stereocenters. The summed E-state index contributed by atoms with van der Waals surface area (Å²) in [6, 6.07) is 14.6. The number of amides is 2. The molecule has 0 aliphatic carbocycles. The van der Waals surface area contributed by atoms with Gasteiger partial charge in [0.15, 0.2) is 0 Å². The average Bonchev–Trinajstić information content (AvgIpc) is 3.66. The summed E-state index contributed by atoms with van der Waals surface area (Å²) >= 11 is 0. The number of nitrogens with two attached hydrogens (primary N) is 1. The fraction of sp³-hybridized carbons (Fsp3) is 0.231. The van der Waals surface area contributed by atoms with Gasteiger partial charge in [-0.1, -0.05) is 30.3 Å². The van der Waals surface area contributed by atoms with Crippen LogP contribution in [0.3, 0.4) is 0 Å². The van der Waals surface area contributed by atoms with Crippen LogP contribution in [0.2, 0.25) is 0 Å². The maximum absolute atomic E-state index is 13.4. The van der Waals surface area contributed by atoms with Crippen LogP contribution >= 0.6 is 0 Å². The maximum atomic E-state index is 13.4. The van der Waals surface area contributed by atoms with Gasteiger partial charge < -0.3 is 15.5 Å². The summed E-state index contributed by atoms with van der Waals surface area (Å²) in [5.74, 6) is 0.866. The SMILES string of the molecule is NC(=O)c1ccccc1-c1cnc(N2CC3CN(C(=O)c4ccccc4-n4nccn4)CC3C2)nc1. The zero-order valence-corrected chi connectivity index (χ0v) is 19.4. The van der Waals surface area contributed by atoms with Gasteiger partial charge in [-0.2, -0.15) is 15.0 Å². The molecular formula is C26H24N8O2. The maximum Gasteiger partial charge on any atom is 0.256 e. The number of hydrogen-bond acceptors (Lipinski definition) is 7. The molecule has 0 radical (unpaired) electrons. The number of aromatic nitrogens is 5. The standard InChI is InChI=1S/C26H24N8O2/c27-24(35)21-6-2-1-5-20(21)17-11-28-26(29-12-17)33-15-18-13-32(14-19(18)16-33)25(36)22-7-3-4-8-23(22)34-30-9-10-31-34/h1-12,18-19H,13-16H2,(H2,27,35). The molecule has 0 saturated carbocycles. The van der Waals surface area contributed by atoms with Crippen LogP contribution in [-0.2, 0) is 0 Å². The molecule has 10 heteroatoms. The number of para-hydroxylation sites is 1. The first-order chi connectivity index (χ1) is 17.6. The van der Waals surface area contributed by atoms with Crippen LogP contribution in [0.5, 0.6) is 0 Å². The van der Waals surface area contributed by atoms with E-state index in [2.05, 4.69) is 25.1 Å². The molecule has 2 amide bonds. The molecule has 2 saturated heterocycles. The number of primary amides is 1. The van der Waals surface area contributed by atoms with Crippen molar-refractivity contribution in [2.45, 2.75) is 0 Å². The zero-order chi connectivity index (χ0) is 24.6. The highest BCUT2D eigenvalue weighted by atomic mass is 16.2. The third-order valence-electron chi connectivity index (χ3n) is 6.97. The first-order valence-corrected chi connectivity index (χ1v) is 11.8. The van der Waals surface area contributed by atoms with Crippen molar-refractivity contribution < 1.29 is 9.59 Å². The lowest BCUT2D eigenvalue weighted by Gasteiger charge is -2.22. The van der Waals surface area contributed by atoms with E-state index < -0.39 is 5.91 Å². The van der Waals surface area contributed by atoms with Crippen molar-refractivity contribution in [1.29, 1.82) is 0 Å². The van der Waals surface area contributed by atoms with E-state index in [9.17, 15) is 9.59 Å². The fourth-order valence-corrected chi connectivity index (χ4v) is 5.23. The highest BCUT2D eigenvalue weighted by Crippen LogP contribution is 2.34. The Balaban J connectivity index is 1.14. The lowest BCUT2D eigenvalue weighted by Crippen LogP contribution is -2.34. The molecule has 0 bridgehead atoms.